The summed E-state index contributed by atoms with van der Waals surface area (Å²) < 4.78 is 19.2. The third kappa shape index (κ3) is 9.73. The molecule has 14 rings (SSSR count). The number of fused-ring (bicyclic) bond motifs is 4. The van der Waals surface area contributed by atoms with Gasteiger partial charge in [0.25, 0.3) is 11.8 Å². The number of nitrogen functional groups attached to an aromatic ring is 2. The minimum atomic E-state index is -0.229. The molecular formula is C60H59N19O4S. The highest BCUT2D eigenvalue weighted by molar-refractivity contribution is 7.07. The van der Waals surface area contributed by atoms with Crippen LogP contribution in [0.5, 0.6) is 11.5 Å². The van der Waals surface area contributed by atoms with E-state index in [2.05, 4.69) is 60.7 Å². The molecule has 7 N–H and O–H groups in total. The van der Waals surface area contributed by atoms with Crippen LogP contribution in [-0.2, 0) is 14.1 Å². The van der Waals surface area contributed by atoms with Gasteiger partial charge in [-0.1, -0.05) is 48.5 Å². The van der Waals surface area contributed by atoms with Gasteiger partial charge in [0.15, 0.2) is 11.3 Å². The fraction of sp³-hybridized carbons (Fsp3) is 0.233. The van der Waals surface area contributed by atoms with E-state index in [9.17, 15) is 9.59 Å². The number of para-hydroxylation sites is 2. The van der Waals surface area contributed by atoms with Gasteiger partial charge in [-0.15, -0.1) is 11.3 Å². The van der Waals surface area contributed by atoms with E-state index >= 15 is 0 Å². The predicted molar refractivity (Wildman–Crippen MR) is 327 cm³/mol. The highest BCUT2D eigenvalue weighted by atomic mass is 32.1. The first kappa shape index (κ1) is 53.0. The molecule has 2 aliphatic heterocycles. The van der Waals surface area contributed by atoms with E-state index in [1.54, 1.807) is 31.8 Å². The minimum absolute atomic E-state index is 0.142. The molecule has 0 atom stereocenters. The number of anilines is 6. The first-order valence-electron chi connectivity index (χ1n) is 27.5. The van der Waals surface area contributed by atoms with E-state index in [4.69, 9.17) is 31.1 Å². The Bertz CT molecular complexity index is 4120. The van der Waals surface area contributed by atoms with Crippen molar-refractivity contribution < 1.29 is 19.1 Å². The maximum atomic E-state index is 13.3. The minimum Gasteiger partial charge on any atom is -0.495 e. The van der Waals surface area contributed by atoms with Gasteiger partial charge in [0.2, 0.25) is 5.95 Å². The average molecular weight is 1140 g/mol. The third-order valence-corrected chi connectivity index (χ3v) is 16.6. The predicted octanol–water partition coefficient (Wildman–Crippen LogP) is 9.52. The number of nitrogens with two attached hydrogens (primary N) is 2. The Hall–Kier alpha value is -10.4. The molecule has 0 aliphatic carbocycles. The first-order chi connectivity index (χ1) is 41.0. The molecule has 8 aromatic heterocycles. The number of amides is 2. The Morgan fingerprint density at radius 2 is 1.10 bits per heavy atom. The lowest BCUT2D eigenvalue weighted by Crippen LogP contribution is -2.35. The number of nitrogens with one attached hydrogen (secondary N) is 3. The molecule has 10 heterocycles. The molecular weight excluding hydrogens is 1080 g/mol. The van der Waals surface area contributed by atoms with Crippen LogP contribution >= 0.6 is 11.3 Å². The van der Waals surface area contributed by atoms with E-state index < -0.39 is 0 Å². The fourth-order valence-electron chi connectivity index (χ4n) is 11.6. The van der Waals surface area contributed by atoms with Crippen LogP contribution in [-0.4, -0.2) is 116 Å². The first-order valence-corrected chi connectivity index (χ1v) is 28.4. The van der Waals surface area contributed by atoms with E-state index in [1.807, 2.05) is 141 Å². The third-order valence-electron chi connectivity index (χ3n) is 16.0. The molecule has 23 nitrogen and oxygen atoms in total. The SMILES string of the molecule is COc1cc(-c2nn(C3CCN(c4cscn4)CC3)c3ncnc(N)c23)ccc1NC(=O)c1cc2ccccc2n1C.COc1cc(-c2nn(C3CCN(c4ncc[nH]4)CC3)c3ncnc(N)c23)ccc1NC(=O)c1cc2ccccc2n1C. The van der Waals surface area contributed by atoms with Crippen LogP contribution in [0.15, 0.2) is 133 Å². The van der Waals surface area contributed by atoms with Gasteiger partial charge in [0.1, 0.15) is 64.4 Å². The number of thiazole rings is 1. The molecule has 0 spiro atoms. The van der Waals surface area contributed by atoms with Gasteiger partial charge in [-0.25, -0.2) is 39.3 Å². The van der Waals surface area contributed by atoms with Gasteiger partial charge < -0.3 is 55.5 Å². The monoisotopic (exact) mass is 1140 g/mol. The standard InChI is InChI=1S/C30H30N10O2.C30H29N9O2S/c1-38-22-6-4-3-5-18(22)15-23(38)29(41)36-21-8-7-19(16-24(21)42-2)26-25-27(31)34-17-35-28(25)40(37-26)20-9-13-39(14-10-20)30-32-11-12-33-30;1-37-22-6-4-3-5-18(22)13-23(37)30(40)35-21-8-7-19(14-24(21)41-2)27-26-28(31)32-16-33-29(26)39(36-27)20-9-11-38(12-10-20)25-15-42-17-34-25/h3-8,11-12,15-17,20H,9-10,13-14H2,1-2H3,(H,32,33)(H,36,41)(H2,31,34,35);3-8,13-17,20H,9-12H2,1-2H3,(H,35,40)(H2,31,32,33). The lowest BCUT2D eigenvalue weighted by atomic mass is 10.1. The van der Waals surface area contributed by atoms with E-state index in [-0.39, 0.29) is 23.9 Å². The number of ether oxygens (including phenoxy) is 2. The second-order valence-electron chi connectivity index (χ2n) is 20.7. The molecule has 12 aromatic rings. The lowest BCUT2D eigenvalue weighted by molar-refractivity contribution is 0.101. The van der Waals surface area contributed by atoms with Gasteiger partial charge in [-0.3, -0.25) is 9.59 Å². The number of aromatic nitrogens is 13. The highest BCUT2D eigenvalue weighted by Crippen LogP contribution is 2.40. The summed E-state index contributed by atoms with van der Waals surface area (Å²) in [5, 5.41) is 21.6. The number of imidazole rings is 1. The van der Waals surface area contributed by atoms with E-state index in [0.29, 0.717) is 79.4 Å². The van der Waals surface area contributed by atoms with Gasteiger partial charge in [0, 0.05) is 91.0 Å². The zero-order valence-electron chi connectivity index (χ0n) is 46.5. The Morgan fingerprint density at radius 3 is 1.54 bits per heavy atom. The Kier molecular flexibility index (Phi) is 14.0. The molecule has 0 bridgehead atoms. The zero-order valence-corrected chi connectivity index (χ0v) is 47.3. The number of aromatic amines is 1. The van der Waals surface area contributed by atoms with Crippen molar-refractivity contribution in [1.29, 1.82) is 0 Å². The number of carbonyl (C=O) groups excluding carboxylic acids is 2. The number of benzene rings is 4. The molecule has 24 heteroatoms. The molecule has 2 saturated heterocycles. The Morgan fingerprint density at radius 1 is 0.607 bits per heavy atom. The van der Waals surface area contributed by atoms with Crippen LogP contribution in [0.3, 0.4) is 0 Å². The van der Waals surface area contributed by atoms with Crippen molar-refractivity contribution in [3.8, 4) is 34.0 Å². The number of H-pyrrole nitrogens is 1. The number of methoxy groups -OCH3 is 2. The van der Waals surface area contributed by atoms with Gasteiger partial charge >= 0.3 is 0 Å². The van der Waals surface area contributed by atoms with Crippen LogP contribution in [0.1, 0.15) is 58.7 Å². The van der Waals surface area contributed by atoms with Gasteiger partial charge in [-0.2, -0.15) is 10.2 Å². The summed E-state index contributed by atoms with van der Waals surface area (Å²) in [5.41, 5.74) is 23.1. The maximum absolute atomic E-state index is 13.3. The lowest BCUT2D eigenvalue weighted by Gasteiger charge is -2.32. The molecule has 0 radical (unpaired) electrons. The fourth-order valence-corrected chi connectivity index (χ4v) is 12.2. The Balaban J connectivity index is 0.000000157. The zero-order chi connectivity index (χ0) is 57.6. The van der Waals surface area contributed by atoms with Crippen molar-refractivity contribution in [3.63, 3.8) is 0 Å². The molecule has 0 saturated carbocycles. The smallest absolute Gasteiger partial charge is 0.272 e. The second kappa shape index (κ2) is 22.2. The summed E-state index contributed by atoms with van der Waals surface area (Å²) in [6.45, 7) is 3.44. The number of carbonyl (C=O) groups is 2. The number of nitrogens with zero attached hydrogens (tertiary/aromatic N) is 14. The van der Waals surface area contributed by atoms with Crippen molar-refractivity contribution in [2.75, 3.05) is 72.3 Å². The summed E-state index contributed by atoms with van der Waals surface area (Å²) in [7, 11) is 6.92. The summed E-state index contributed by atoms with van der Waals surface area (Å²) in [5.74, 6) is 3.19. The van der Waals surface area contributed by atoms with Crippen molar-refractivity contribution in [1.82, 2.24) is 63.6 Å². The molecule has 4 aromatic carbocycles. The maximum Gasteiger partial charge on any atom is 0.272 e. The molecule has 424 valence electrons. The number of rotatable bonds is 12. The second-order valence-corrected chi connectivity index (χ2v) is 21.4. The number of piperidine rings is 2. The van der Waals surface area contributed by atoms with E-state index in [0.717, 1.165) is 96.6 Å². The van der Waals surface area contributed by atoms with Crippen molar-refractivity contribution in [2.24, 2.45) is 14.1 Å². The molecule has 0 unspecified atom stereocenters. The number of aryl methyl sites for hydroxylation is 2. The number of hydrogen-bond acceptors (Lipinski definition) is 17. The average Bonchev–Trinajstić information content (AvgIpc) is 4.31. The summed E-state index contributed by atoms with van der Waals surface area (Å²) in [4.78, 5) is 60.8. The van der Waals surface area contributed by atoms with Crippen molar-refractivity contribution in [3.05, 3.63) is 144 Å². The highest BCUT2D eigenvalue weighted by Gasteiger charge is 2.30. The molecule has 2 fully saturated rings. The molecule has 2 amide bonds. The van der Waals surface area contributed by atoms with Gasteiger partial charge in [0.05, 0.1) is 54.0 Å². The normalized spacial score (nSPS) is 14.1. The largest absolute Gasteiger partial charge is 0.495 e. The summed E-state index contributed by atoms with van der Waals surface area (Å²) in [6.07, 6.45) is 10.1. The summed E-state index contributed by atoms with van der Waals surface area (Å²) in [6, 6.07) is 31.0. The van der Waals surface area contributed by atoms with E-state index in [1.165, 1.54) is 12.7 Å². The Labute approximate surface area is 484 Å². The van der Waals surface area contributed by atoms with Gasteiger partial charge in [-0.05, 0) is 74.2 Å². The van der Waals surface area contributed by atoms with Crippen LogP contribution in [0.4, 0.5) is 34.8 Å². The number of hydrogen-bond donors (Lipinski definition) is 5. The quantitative estimate of drug-likeness (QED) is 0.0761. The van der Waals surface area contributed by atoms with Crippen LogP contribution in [0.25, 0.3) is 66.4 Å². The van der Waals surface area contributed by atoms with Crippen molar-refractivity contribution in [2.45, 2.75) is 37.8 Å². The van der Waals surface area contributed by atoms with Crippen LogP contribution < -0.4 is 41.4 Å². The molecule has 2 aliphatic rings. The van der Waals surface area contributed by atoms with Crippen LogP contribution in [0.2, 0.25) is 0 Å². The topological polar surface area (TPSA) is 274 Å². The van der Waals surface area contributed by atoms with Crippen molar-refractivity contribution >= 4 is 102 Å². The molecule has 84 heavy (non-hydrogen) atoms. The summed E-state index contributed by atoms with van der Waals surface area (Å²) >= 11 is 1.61. The van der Waals surface area contributed by atoms with Crippen LogP contribution in [0, 0.1) is 0 Å².